The van der Waals surface area contributed by atoms with E-state index in [1.165, 1.54) is 0 Å². The summed E-state index contributed by atoms with van der Waals surface area (Å²) in [4.78, 5) is 8.50. The molecule has 1 atom stereocenters. The first-order valence-corrected chi connectivity index (χ1v) is 6.95. The summed E-state index contributed by atoms with van der Waals surface area (Å²) in [6, 6.07) is 5.71. The molecule has 2 rings (SSSR count). The van der Waals surface area contributed by atoms with Crippen LogP contribution >= 0.6 is 11.6 Å². The van der Waals surface area contributed by atoms with Crippen molar-refractivity contribution in [2.45, 2.75) is 32.9 Å². The first-order valence-electron chi connectivity index (χ1n) is 6.57. The fraction of sp³-hybridized carbons (Fsp3) is 0.429. The number of halogens is 1. The SMILES string of the molecule is CCOCc1nc(Cl)cc(NC(C)Cc2ccco2)n1. The van der Waals surface area contributed by atoms with E-state index in [0.717, 1.165) is 12.2 Å². The Balaban J connectivity index is 1.98. The van der Waals surface area contributed by atoms with Gasteiger partial charge < -0.3 is 14.5 Å². The molecule has 1 unspecified atom stereocenters. The smallest absolute Gasteiger partial charge is 0.158 e. The lowest BCUT2D eigenvalue weighted by molar-refractivity contribution is 0.128. The van der Waals surface area contributed by atoms with Gasteiger partial charge in [-0.15, -0.1) is 0 Å². The number of anilines is 1. The minimum absolute atomic E-state index is 0.173. The van der Waals surface area contributed by atoms with Gasteiger partial charge in [-0.3, -0.25) is 0 Å². The molecule has 1 N–H and O–H groups in total. The van der Waals surface area contributed by atoms with E-state index >= 15 is 0 Å². The number of hydrogen-bond donors (Lipinski definition) is 1. The highest BCUT2D eigenvalue weighted by Gasteiger charge is 2.09. The van der Waals surface area contributed by atoms with Gasteiger partial charge in [0.15, 0.2) is 5.82 Å². The predicted molar refractivity (Wildman–Crippen MR) is 77.9 cm³/mol. The van der Waals surface area contributed by atoms with E-state index in [-0.39, 0.29) is 6.04 Å². The molecule has 0 aliphatic carbocycles. The van der Waals surface area contributed by atoms with Crippen molar-refractivity contribution in [1.82, 2.24) is 9.97 Å². The van der Waals surface area contributed by atoms with Crippen LogP contribution in [0.25, 0.3) is 0 Å². The molecule has 0 bridgehead atoms. The molecular weight excluding hydrogens is 278 g/mol. The summed E-state index contributed by atoms with van der Waals surface area (Å²) in [6.07, 6.45) is 2.44. The Morgan fingerprint density at radius 2 is 2.30 bits per heavy atom. The van der Waals surface area contributed by atoms with E-state index in [2.05, 4.69) is 22.2 Å². The van der Waals surface area contributed by atoms with Gasteiger partial charge >= 0.3 is 0 Å². The molecule has 108 valence electrons. The molecule has 0 fully saturated rings. The van der Waals surface area contributed by atoms with Crippen molar-refractivity contribution in [3.05, 3.63) is 41.2 Å². The third-order valence-corrected chi connectivity index (χ3v) is 2.85. The van der Waals surface area contributed by atoms with Crippen LogP contribution in [0.1, 0.15) is 25.4 Å². The van der Waals surface area contributed by atoms with Crippen LogP contribution in [-0.2, 0) is 17.8 Å². The van der Waals surface area contributed by atoms with E-state index in [1.807, 2.05) is 19.1 Å². The summed E-state index contributed by atoms with van der Waals surface area (Å²) in [6.45, 7) is 4.96. The standard InChI is InChI=1S/C14H18ClN3O2/c1-3-19-9-14-17-12(15)8-13(18-14)16-10(2)7-11-5-4-6-20-11/h4-6,8,10H,3,7,9H2,1-2H3,(H,16,17,18). The van der Waals surface area contributed by atoms with Crippen LogP contribution in [0.3, 0.4) is 0 Å². The van der Waals surface area contributed by atoms with Crippen molar-refractivity contribution in [2.75, 3.05) is 11.9 Å². The third kappa shape index (κ3) is 4.51. The molecule has 0 aromatic carbocycles. The van der Waals surface area contributed by atoms with Crippen molar-refractivity contribution < 1.29 is 9.15 Å². The van der Waals surface area contributed by atoms with Gasteiger partial charge in [-0.05, 0) is 26.0 Å². The lowest BCUT2D eigenvalue weighted by Crippen LogP contribution is -2.19. The van der Waals surface area contributed by atoms with E-state index in [1.54, 1.807) is 12.3 Å². The summed E-state index contributed by atoms with van der Waals surface area (Å²) in [5.41, 5.74) is 0. The van der Waals surface area contributed by atoms with Crippen LogP contribution in [0.5, 0.6) is 0 Å². The Labute approximate surface area is 123 Å². The van der Waals surface area contributed by atoms with Crippen LogP contribution in [0.2, 0.25) is 5.15 Å². The maximum Gasteiger partial charge on any atom is 0.158 e. The van der Waals surface area contributed by atoms with Crippen molar-refractivity contribution >= 4 is 17.4 Å². The fourth-order valence-electron chi connectivity index (χ4n) is 1.83. The number of nitrogens with one attached hydrogen (secondary N) is 1. The van der Waals surface area contributed by atoms with Crippen molar-refractivity contribution in [1.29, 1.82) is 0 Å². The number of rotatable bonds is 7. The van der Waals surface area contributed by atoms with Crippen LogP contribution < -0.4 is 5.32 Å². The molecule has 20 heavy (non-hydrogen) atoms. The average Bonchev–Trinajstić information content (AvgIpc) is 2.88. The van der Waals surface area contributed by atoms with E-state index in [0.29, 0.717) is 30.0 Å². The predicted octanol–water partition coefficient (Wildman–Crippen LogP) is 3.30. The molecule has 0 saturated heterocycles. The minimum Gasteiger partial charge on any atom is -0.469 e. The zero-order chi connectivity index (χ0) is 14.4. The highest BCUT2D eigenvalue weighted by molar-refractivity contribution is 6.29. The first-order chi connectivity index (χ1) is 9.67. The molecule has 2 aromatic heterocycles. The highest BCUT2D eigenvalue weighted by Crippen LogP contribution is 2.14. The number of aromatic nitrogens is 2. The lowest BCUT2D eigenvalue weighted by Gasteiger charge is -2.14. The molecule has 2 heterocycles. The van der Waals surface area contributed by atoms with Gasteiger partial charge in [0.2, 0.25) is 0 Å². The quantitative estimate of drug-likeness (QED) is 0.794. The lowest BCUT2D eigenvalue weighted by atomic mass is 10.2. The van der Waals surface area contributed by atoms with Crippen molar-refractivity contribution in [2.24, 2.45) is 0 Å². The third-order valence-electron chi connectivity index (χ3n) is 2.66. The van der Waals surface area contributed by atoms with Crippen LogP contribution in [-0.4, -0.2) is 22.6 Å². The molecule has 0 spiro atoms. The number of nitrogens with zero attached hydrogens (tertiary/aromatic N) is 2. The van der Waals surface area contributed by atoms with E-state index in [4.69, 9.17) is 20.8 Å². The Morgan fingerprint density at radius 3 is 3.00 bits per heavy atom. The first kappa shape index (κ1) is 14.8. The second-order valence-electron chi connectivity index (χ2n) is 4.46. The zero-order valence-corrected chi connectivity index (χ0v) is 12.4. The van der Waals surface area contributed by atoms with Gasteiger partial charge in [0.25, 0.3) is 0 Å². The summed E-state index contributed by atoms with van der Waals surface area (Å²) in [5.74, 6) is 2.20. The number of furan rings is 1. The maximum atomic E-state index is 5.99. The van der Waals surface area contributed by atoms with Gasteiger partial charge in [-0.2, -0.15) is 0 Å². The van der Waals surface area contributed by atoms with Crippen LogP contribution in [0.4, 0.5) is 5.82 Å². The summed E-state index contributed by atoms with van der Waals surface area (Å²) < 4.78 is 10.6. The van der Waals surface area contributed by atoms with E-state index < -0.39 is 0 Å². The number of ether oxygens (including phenoxy) is 1. The topological polar surface area (TPSA) is 60.2 Å². The molecule has 0 amide bonds. The monoisotopic (exact) mass is 295 g/mol. The molecule has 6 heteroatoms. The van der Waals surface area contributed by atoms with Gasteiger partial charge in [0.1, 0.15) is 23.3 Å². The Bertz CT molecular complexity index is 531. The largest absolute Gasteiger partial charge is 0.469 e. The van der Waals surface area contributed by atoms with Gasteiger partial charge in [-0.1, -0.05) is 11.6 Å². The Morgan fingerprint density at radius 1 is 1.45 bits per heavy atom. The molecule has 0 radical (unpaired) electrons. The molecule has 0 aliphatic heterocycles. The number of hydrogen-bond acceptors (Lipinski definition) is 5. The maximum absolute atomic E-state index is 5.99. The molecule has 0 saturated carbocycles. The van der Waals surface area contributed by atoms with Crippen LogP contribution in [0.15, 0.2) is 28.9 Å². The zero-order valence-electron chi connectivity index (χ0n) is 11.6. The normalized spacial score (nSPS) is 12.3. The Kier molecular flexibility index (Phi) is 5.38. The van der Waals surface area contributed by atoms with E-state index in [9.17, 15) is 0 Å². The summed E-state index contributed by atoms with van der Waals surface area (Å²) >= 11 is 5.99. The van der Waals surface area contributed by atoms with Gasteiger partial charge in [-0.25, -0.2) is 9.97 Å². The van der Waals surface area contributed by atoms with Crippen molar-refractivity contribution in [3.8, 4) is 0 Å². The van der Waals surface area contributed by atoms with Crippen LogP contribution in [0, 0.1) is 0 Å². The van der Waals surface area contributed by atoms with Gasteiger partial charge in [0.05, 0.1) is 6.26 Å². The summed E-state index contributed by atoms with van der Waals surface area (Å²) in [7, 11) is 0. The average molecular weight is 296 g/mol. The van der Waals surface area contributed by atoms with Crippen molar-refractivity contribution in [3.63, 3.8) is 0 Å². The minimum atomic E-state index is 0.173. The molecule has 5 nitrogen and oxygen atoms in total. The fourth-order valence-corrected chi connectivity index (χ4v) is 2.03. The summed E-state index contributed by atoms with van der Waals surface area (Å²) in [5, 5.41) is 3.69. The highest BCUT2D eigenvalue weighted by atomic mass is 35.5. The van der Waals surface area contributed by atoms with Gasteiger partial charge in [0, 0.05) is 25.1 Å². The second kappa shape index (κ2) is 7.26. The Hall–Kier alpha value is -1.59. The molecular formula is C14H18ClN3O2. The molecule has 2 aromatic rings. The molecule has 0 aliphatic rings. The second-order valence-corrected chi connectivity index (χ2v) is 4.85.